The maximum Gasteiger partial charge on any atom is 0.574 e. The highest BCUT2D eigenvalue weighted by atomic mass is 19.4. The van der Waals surface area contributed by atoms with Gasteiger partial charge in [-0.05, 0) is 0 Å². The molecule has 0 aliphatic rings. The number of aromatic nitrogens is 1. The number of hydrogen-bond donors (Lipinski definition) is 1. The Balaban J connectivity index is 3.38. The normalized spacial score (nSPS) is 12.1. The molecule has 1 N–H and O–H groups in total. The molecule has 118 valence electrons. The molecule has 1 aromatic rings. The molecule has 5 nitrogen and oxygen atoms in total. The third-order valence-electron chi connectivity index (χ3n) is 2.19. The zero-order chi connectivity index (χ0) is 16.4. The van der Waals surface area contributed by atoms with Gasteiger partial charge in [0.2, 0.25) is 5.88 Å². The van der Waals surface area contributed by atoms with Crippen molar-refractivity contribution in [2.24, 2.45) is 0 Å². The Bertz CT molecular complexity index is 589. The molecule has 0 amide bonds. The van der Waals surface area contributed by atoms with Crippen molar-refractivity contribution in [1.29, 1.82) is 0 Å². The molecule has 0 bridgehead atoms. The zero-order valence-corrected chi connectivity index (χ0v) is 10.2. The summed E-state index contributed by atoms with van der Waals surface area (Å²) in [5.41, 5.74) is -4.31. The summed E-state index contributed by atoms with van der Waals surface area (Å²) in [5, 5.41) is 0. The summed E-state index contributed by atoms with van der Waals surface area (Å²) < 4.78 is 81.5. The SMILES string of the molecule is COC(=O)Cc1c(C(F)(F)F)cc(OC(F)(F)F)[nH]c1=O. The molecule has 11 heteroatoms. The molecule has 1 rings (SSSR count). The van der Waals surface area contributed by atoms with Gasteiger partial charge < -0.3 is 9.47 Å². The maximum atomic E-state index is 12.8. The lowest BCUT2D eigenvalue weighted by Gasteiger charge is -2.14. The van der Waals surface area contributed by atoms with Gasteiger partial charge in [-0.3, -0.25) is 14.6 Å². The van der Waals surface area contributed by atoms with E-state index in [1.165, 1.54) is 4.98 Å². The second kappa shape index (κ2) is 5.66. The van der Waals surface area contributed by atoms with E-state index in [0.717, 1.165) is 7.11 Å². The number of pyridine rings is 1. The largest absolute Gasteiger partial charge is 0.574 e. The number of aromatic amines is 1. The molecule has 0 unspecified atom stereocenters. The van der Waals surface area contributed by atoms with E-state index in [9.17, 15) is 35.9 Å². The van der Waals surface area contributed by atoms with Crippen molar-refractivity contribution in [3.8, 4) is 5.88 Å². The average Bonchev–Trinajstić information content (AvgIpc) is 2.28. The predicted octanol–water partition coefficient (Wildman–Crippen LogP) is 2.01. The summed E-state index contributed by atoms with van der Waals surface area (Å²) in [6.45, 7) is 0. The van der Waals surface area contributed by atoms with Gasteiger partial charge in [-0.1, -0.05) is 0 Å². The van der Waals surface area contributed by atoms with Crippen LogP contribution in [0.5, 0.6) is 5.88 Å². The Labute approximate surface area is 112 Å². The Morgan fingerprint density at radius 1 is 1.24 bits per heavy atom. The number of carbonyl (C=O) groups excluding carboxylic acids is 1. The number of halogens is 6. The number of methoxy groups -OCH3 is 1. The number of H-pyrrole nitrogens is 1. The van der Waals surface area contributed by atoms with E-state index in [0.29, 0.717) is 0 Å². The van der Waals surface area contributed by atoms with E-state index >= 15 is 0 Å². The van der Waals surface area contributed by atoms with Crippen LogP contribution >= 0.6 is 0 Å². The second-order valence-electron chi connectivity index (χ2n) is 3.65. The molecule has 0 aliphatic carbocycles. The maximum absolute atomic E-state index is 12.8. The fourth-order valence-corrected chi connectivity index (χ4v) is 1.39. The predicted molar refractivity (Wildman–Crippen MR) is 54.5 cm³/mol. The van der Waals surface area contributed by atoms with Crippen LogP contribution in [0.2, 0.25) is 0 Å². The number of rotatable bonds is 3. The van der Waals surface area contributed by atoms with Crippen molar-refractivity contribution in [2.75, 3.05) is 7.11 Å². The van der Waals surface area contributed by atoms with Gasteiger partial charge in [-0.15, -0.1) is 13.2 Å². The van der Waals surface area contributed by atoms with Crippen LogP contribution in [0, 0.1) is 0 Å². The van der Waals surface area contributed by atoms with Crippen LogP contribution in [0.25, 0.3) is 0 Å². The molecule has 21 heavy (non-hydrogen) atoms. The number of ether oxygens (including phenoxy) is 2. The van der Waals surface area contributed by atoms with E-state index in [1.54, 1.807) is 0 Å². The summed E-state index contributed by atoms with van der Waals surface area (Å²) in [6, 6.07) is -0.0484. The molecule has 0 atom stereocenters. The first-order valence-corrected chi connectivity index (χ1v) is 5.10. The first-order valence-electron chi connectivity index (χ1n) is 5.10. The lowest BCUT2D eigenvalue weighted by molar-refractivity contribution is -0.276. The Kier molecular flexibility index (Phi) is 4.54. The first kappa shape index (κ1) is 16.9. The second-order valence-corrected chi connectivity index (χ2v) is 3.65. The Hall–Kier alpha value is -2.20. The average molecular weight is 319 g/mol. The fraction of sp³-hybridized carbons (Fsp3) is 0.400. The molecule has 1 heterocycles. The lowest BCUT2D eigenvalue weighted by Crippen LogP contribution is -2.26. The van der Waals surface area contributed by atoms with Crippen molar-refractivity contribution in [3.63, 3.8) is 0 Å². The zero-order valence-electron chi connectivity index (χ0n) is 10.2. The van der Waals surface area contributed by atoms with Crippen LogP contribution in [0.15, 0.2) is 10.9 Å². The summed E-state index contributed by atoms with van der Waals surface area (Å²) in [5.74, 6) is -2.59. The minimum atomic E-state index is -5.28. The van der Waals surface area contributed by atoms with E-state index < -0.39 is 47.5 Å². The summed E-state index contributed by atoms with van der Waals surface area (Å²) >= 11 is 0. The monoisotopic (exact) mass is 319 g/mol. The molecule has 0 saturated heterocycles. The van der Waals surface area contributed by atoms with Crippen LogP contribution in [0.4, 0.5) is 26.3 Å². The van der Waals surface area contributed by atoms with Crippen molar-refractivity contribution < 1.29 is 40.6 Å². The van der Waals surface area contributed by atoms with Gasteiger partial charge in [-0.25, -0.2) is 0 Å². The van der Waals surface area contributed by atoms with Gasteiger partial charge in [0, 0.05) is 11.6 Å². The van der Waals surface area contributed by atoms with E-state index in [4.69, 9.17) is 0 Å². The number of carbonyl (C=O) groups is 1. The molecule has 0 radical (unpaired) electrons. The van der Waals surface area contributed by atoms with Crippen molar-refractivity contribution in [1.82, 2.24) is 4.98 Å². The lowest BCUT2D eigenvalue weighted by atomic mass is 10.1. The molecule has 0 fully saturated rings. The van der Waals surface area contributed by atoms with Gasteiger partial charge >= 0.3 is 18.5 Å². The Morgan fingerprint density at radius 2 is 1.81 bits per heavy atom. The van der Waals surface area contributed by atoms with Crippen molar-refractivity contribution in [3.05, 3.63) is 27.5 Å². The van der Waals surface area contributed by atoms with Gasteiger partial charge in [0.25, 0.3) is 5.56 Å². The third-order valence-corrected chi connectivity index (χ3v) is 2.19. The minimum Gasteiger partial charge on any atom is -0.469 e. The van der Waals surface area contributed by atoms with Crippen molar-refractivity contribution >= 4 is 5.97 Å². The summed E-state index contributed by atoms with van der Waals surface area (Å²) in [7, 11) is 0.880. The van der Waals surface area contributed by atoms with E-state index in [1.807, 2.05) is 0 Å². The Morgan fingerprint density at radius 3 is 2.24 bits per heavy atom. The summed E-state index contributed by atoms with van der Waals surface area (Å²) in [4.78, 5) is 23.9. The van der Waals surface area contributed by atoms with E-state index in [-0.39, 0.29) is 6.07 Å². The molecule has 1 aromatic heterocycles. The molecule has 0 aromatic carbocycles. The molecular weight excluding hydrogens is 312 g/mol. The van der Waals surface area contributed by atoms with Gasteiger partial charge in [0.15, 0.2) is 0 Å². The van der Waals surface area contributed by atoms with Gasteiger partial charge in [-0.2, -0.15) is 13.2 Å². The van der Waals surface area contributed by atoms with Crippen LogP contribution in [-0.2, 0) is 22.1 Å². The number of nitrogens with one attached hydrogen (secondary N) is 1. The quantitative estimate of drug-likeness (QED) is 0.683. The van der Waals surface area contributed by atoms with Crippen LogP contribution in [0.3, 0.4) is 0 Å². The topological polar surface area (TPSA) is 68.4 Å². The summed E-state index contributed by atoms with van der Waals surface area (Å²) in [6.07, 6.45) is -11.5. The highest BCUT2D eigenvalue weighted by molar-refractivity contribution is 5.72. The minimum absolute atomic E-state index is 0.0484. The van der Waals surface area contributed by atoms with Gasteiger partial charge in [0.1, 0.15) is 0 Å². The smallest absolute Gasteiger partial charge is 0.469 e. The first-order chi connectivity index (χ1) is 9.44. The molecule has 0 spiro atoms. The molecular formula is C10H7F6NO4. The highest BCUT2D eigenvalue weighted by Gasteiger charge is 2.38. The number of alkyl halides is 6. The van der Waals surface area contributed by atoms with Crippen LogP contribution in [-0.4, -0.2) is 24.4 Å². The van der Waals surface area contributed by atoms with Crippen LogP contribution in [0.1, 0.15) is 11.1 Å². The number of hydrogen-bond acceptors (Lipinski definition) is 4. The molecule has 0 aliphatic heterocycles. The van der Waals surface area contributed by atoms with Gasteiger partial charge in [0.05, 0.1) is 19.1 Å². The van der Waals surface area contributed by atoms with E-state index in [2.05, 4.69) is 9.47 Å². The number of esters is 1. The third kappa shape index (κ3) is 4.68. The van der Waals surface area contributed by atoms with Crippen molar-refractivity contribution in [2.45, 2.75) is 19.0 Å². The standard InChI is InChI=1S/C10H7F6NO4/c1-20-7(18)2-4-5(9(11,12)13)3-6(17-8(4)19)21-10(14,15)16/h3H,2H2,1H3,(H,17,19). The highest BCUT2D eigenvalue weighted by Crippen LogP contribution is 2.33. The fourth-order valence-electron chi connectivity index (χ4n) is 1.39. The molecule has 0 saturated carbocycles. The van der Waals surface area contributed by atoms with Crippen LogP contribution < -0.4 is 10.3 Å².